The van der Waals surface area contributed by atoms with Crippen molar-refractivity contribution in [1.29, 1.82) is 0 Å². The van der Waals surface area contributed by atoms with Gasteiger partial charge in [0.15, 0.2) is 6.10 Å². The Morgan fingerprint density at radius 2 is 1.89 bits per heavy atom. The number of carboxylic acid groups (broad SMARTS) is 1. The zero-order valence-corrected chi connectivity index (χ0v) is 11.3. The van der Waals surface area contributed by atoms with Crippen molar-refractivity contribution >= 4 is 12.0 Å². The maximum atomic E-state index is 11.4. The Morgan fingerprint density at radius 3 is 2.47 bits per heavy atom. The summed E-state index contributed by atoms with van der Waals surface area (Å²) in [5.74, 6) is -1.27. The van der Waals surface area contributed by atoms with Crippen molar-refractivity contribution in [3.05, 3.63) is 0 Å². The smallest absolute Gasteiger partial charge is 0.332 e. The molecule has 2 atom stereocenters. The largest absolute Gasteiger partial charge is 0.479 e. The van der Waals surface area contributed by atoms with Crippen LogP contribution in [0.1, 0.15) is 26.2 Å². The predicted octanol–water partition coefficient (Wildman–Crippen LogP) is -0.394. The lowest BCUT2D eigenvalue weighted by molar-refractivity contribution is -0.146. The quantitative estimate of drug-likeness (QED) is 0.506. The Balaban J connectivity index is 2.08. The molecule has 19 heavy (non-hydrogen) atoms. The molecule has 0 saturated carbocycles. The molecule has 0 aromatic carbocycles. The third-order valence-electron chi connectivity index (χ3n) is 3.31. The van der Waals surface area contributed by atoms with Crippen molar-refractivity contribution in [3.63, 3.8) is 0 Å². The second kappa shape index (κ2) is 7.96. The van der Waals surface area contributed by atoms with E-state index in [0.717, 1.165) is 13.1 Å². The zero-order valence-electron chi connectivity index (χ0n) is 11.3. The van der Waals surface area contributed by atoms with Crippen LogP contribution < -0.4 is 10.6 Å². The van der Waals surface area contributed by atoms with E-state index >= 15 is 0 Å². The highest BCUT2D eigenvalue weighted by atomic mass is 16.4. The van der Waals surface area contributed by atoms with E-state index in [2.05, 4.69) is 22.5 Å². The second-order valence-electron chi connectivity index (χ2n) is 4.87. The number of aliphatic hydroxyl groups excluding tert-OH is 1. The van der Waals surface area contributed by atoms with Crippen molar-refractivity contribution in [2.45, 2.75) is 38.3 Å². The Hall–Kier alpha value is -1.34. The van der Waals surface area contributed by atoms with E-state index in [1.807, 2.05) is 0 Å². The van der Waals surface area contributed by atoms with Crippen LogP contribution in [0.2, 0.25) is 0 Å². The molecule has 0 aromatic rings. The Kier molecular flexibility index (Phi) is 6.58. The van der Waals surface area contributed by atoms with Gasteiger partial charge in [0.2, 0.25) is 0 Å². The first kappa shape index (κ1) is 15.7. The molecule has 1 aliphatic heterocycles. The van der Waals surface area contributed by atoms with E-state index in [1.54, 1.807) is 0 Å². The lowest BCUT2D eigenvalue weighted by atomic mass is 10.2. The van der Waals surface area contributed by atoms with Gasteiger partial charge in [0.1, 0.15) is 0 Å². The monoisotopic (exact) mass is 273 g/mol. The summed E-state index contributed by atoms with van der Waals surface area (Å²) in [4.78, 5) is 24.1. The summed E-state index contributed by atoms with van der Waals surface area (Å²) < 4.78 is 0. The van der Waals surface area contributed by atoms with Crippen LogP contribution in [0.3, 0.4) is 0 Å². The summed E-state index contributed by atoms with van der Waals surface area (Å²) in [6.07, 6.45) is 1.00. The van der Waals surface area contributed by atoms with E-state index in [-0.39, 0.29) is 19.0 Å². The molecule has 0 radical (unpaired) electrons. The number of carbonyl (C=O) groups excluding carboxylic acids is 1. The van der Waals surface area contributed by atoms with Crippen molar-refractivity contribution in [1.82, 2.24) is 15.5 Å². The molecule has 7 nitrogen and oxygen atoms in total. The molecule has 0 aromatic heterocycles. The average Bonchev–Trinajstić information content (AvgIpc) is 2.89. The summed E-state index contributed by atoms with van der Waals surface area (Å²) in [7, 11) is 0. The Morgan fingerprint density at radius 1 is 1.26 bits per heavy atom. The molecule has 2 unspecified atom stereocenters. The number of urea groups is 1. The molecule has 2 amide bonds. The summed E-state index contributed by atoms with van der Waals surface area (Å²) in [5, 5.41) is 22.7. The normalized spacial score (nSPS) is 18.8. The number of hydrogen-bond donors (Lipinski definition) is 4. The van der Waals surface area contributed by atoms with E-state index in [4.69, 9.17) is 10.2 Å². The van der Waals surface area contributed by atoms with Crippen molar-refractivity contribution in [2.75, 3.05) is 26.2 Å². The average molecular weight is 273 g/mol. The van der Waals surface area contributed by atoms with Crippen LogP contribution in [-0.2, 0) is 4.79 Å². The topological polar surface area (TPSA) is 102 Å². The highest BCUT2D eigenvalue weighted by molar-refractivity contribution is 5.74. The van der Waals surface area contributed by atoms with E-state index in [1.165, 1.54) is 12.8 Å². The molecule has 1 rings (SSSR count). The first-order valence-electron chi connectivity index (χ1n) is 6.67. The standard InChI is InChI=1S/C12H23N3O4/c1-9(15-6-2-3-7-15)8-14-12(19)13-5-4-10(16)11(17)18/h9-10,16H,2-8H2,1H3,(H,17,18)(H2,13,14,19). The minimum atomic E-state index is -1.43. The number of carboxylic acids is 1. The van der Waals surface area contributed by atoms with E-state index in [0.29, 0.717) is 12.6 Å². The molecule has 4 N–H and O–H groups in total. The summed E-state index contributed by atoms with van der Waals surface area (Å²) >= 11 is 0. The van der Waals surface area contributed by atoms with Gasteiger partial charge in [0.25, 0.3) is 0 Å². The van der Waals surface area contributed by atoms with Crippen LogP contribution in [-0.4, -0.2) is 65.4 Å². The number of rotatable bonds is 7. The fourth-order valence-electron chi connectivity index (χ4n) is 2.06. The van der Waals surface area contributed by atoms with Gasteiger partial charge >= 0.3 is 12.0 Å². The van der Waals surface area contributed by atoms with Gasteiger partial charge in [0.05, 0.1) is 0 Å². The molecule has 1 saturated heterocycles. The van der Waals surface area contributed by atoms with Crippen molar-refractivity contribution in [3.8, 4) is 0 Å². The zero-order chi connectivity index (χ0) is 14.3. The third kappa shape index (κ3) is 5.89. The number of carbonyl (C=O) groups is 2. The van der Waals surface area contributed by atoms with Gasteiger partial charge in [-0.25, -0.2) is 9.59 Å². The molecule has 110 valence electrons. The molecule has 1 heterocycles. The van der Waals surface area contributed by atoms with Crippen LogP contribution in [0.25, 0.3) is 0 Å². The lowest BCUT2D eigenvalue weighted by Crippen LogP contribution is -2.45. The van der Waals surface area contributed by atoms with Gasteiger partial charge in [0, 0.05) is 25.6 Å². The van der Waals surface area contributed by atoms with Gasteiger partial charge in [-0.2, -0.15) is 0 Å². The third-order valence-corrected chi connectivity index (χ3v) is 3.31. The van der Waals surface area contributed by atoms with Crippen molar-refractivity contribution < 1.29 is 19.8 Å². The van der Waals surface area contributed by atoms with Crippen LogP contribution in [0, 0.1) is 0 Å². The van der Waals surface area contributed by atoms with Gasteiger partial charge < -0.3 is 20.8 Å². The maximum absolute atomic E-state index is 11.4. The fourth-order valence-corrected chi connectivity index (χ4v) is 2.06. The number of likely N-dealkylation sites (tertiary alicyclic amines) is 1. The summed E-state index contributed by atoms with van der Waals surface area (Å²) in [6, 6.07) is -0.0264. The van der Waals surface area contributed by atoms with Crippen LogP contribution in [0.4, 0.5) is 4.79 Å². The van der Waals surface area contributed by atoms with E-state index in [9.17, 15) is 9.59 Å². The fraction of sp³-hybridized carbons (Fsp3) is 0.833. The summed E-state index contributed by atoms with van der Waals surface area (Å²) in [5.41, 5.74) is 0. The number of aliphatic carboxylic acids is 1. The Bertz CT molecular complexity index is 305. The molecule has 1 fully saturated rings. The number of aliphatic hydroxyl groups is 1. The predicted molar refractivity (Wildman–Crippen MR) is 69.9 cm³/mol. The molecule has 0 spiro atoms. The van der Waals surface area contributed by atoms with Gasteiger partial charge in [-0.15, -0.1) is 0 Å². The minimum Gasteiger partial charge on any atom is -0.479 e. The lowest BCUT2D eigenvalue weighted by Gasteiger charge is -2.23. The molecule has 1 aliphatic rings. The van der Waals surface area contributed by atoms with Gasteiger partial charge in [-0.05, 0) is 32.9 Å². The first-order valence-corrected chi connectivity index (χ1v) is 6.67. The number of nitrogens with one attached hydrogen (secondary N) is 2. The molecular weight excluding hydrogens is 250 g/mol. The number of nitrogens with zero attached hydrogens (tertiary/aromatic N) is 1. The molecule has 0 aliphatic carbocycles. The van der Waals surface area contributed by atoms with Gasteiger partial charge in [-0.3, -0.25) is 4.90 Å². The number of amides is 2. The highest BCUT2D eigenvalue weighted by Gasteiger charge is 2.18. The first-order chi connectivity index (χ1) is 9.00. The molecule has 7 heteroatoms. The van der Waals surface area contributed by atoms with Crippen LogP contribution in [0.5, 0.6) is 0 Å². The van der Waals surface area contributed by atoms with Crippen molar-refractivity contribution in [2.24, 2.45) is 0 Å². The number of hydrogen-bond acceptors (Lipinski definition) is 4. The van der Waals surface area contributed by atoms with Crippen LogP contribution >= 0.6 is 0 Å². The highest BCUT2D eigenvalue weighted by Crippen LogP contribution is 2.10. The SMILES string of the molecule is CC(CNC(=O)NCCC(O)C(=O)O)N1CCCC1. The van der Waals surface area contributed by atoms with E-state index < -0.39 is 12.1 Å². The maximum Gasteiger partial charge on any atom is 0.332 e. The molecular formula is C12H23N3O4. The minimum absolute atomic E-state index is 0.00440. The summed E-state index contributed by atoms with van der Waals surface area (Å²) in [6.45, 7) is 4.93. The van der Waals surface area contributed by atoms with Gasteiger partial charge in [-0.1, -0.05) is 0 Å². The molecule has 0 bridgehead atoms. The Labute approximate surface area is 113 Å². The van der Waals surface area contributed by atoms with Crippen LogP contribution in [0.15, 0.2) is 0 Å². The second-order valence-corrected chi connectivity index (χ2v) is 4.87.